The van der Waals surface area contributed by atoms with Crippen molar-refractivity contribution in [3.05, 3.63) is 17.7 Å². The second kappa shape index (κ2) is 4.87. The first-order chi connectivity index (χ1) is 7.54. The van der Waals surface area contributed by atoms with E-state index in [2.05, 4.69) is 5.10 Å². The lowest BCUT2D eigenvalue weighted by Gasteiger charge is -2.05. The lowest BCUT2D eigenvalue weighted by Crippen LogP contribution is -2.24. The normalized spacial score (nSPS) is 10.3. The number of methoxy groups -OCH3 is 1. The highest BCUT2D eigenvalue weighted by molar-refractivity contribution is 5.83. The number of phenolic OH excluding ortho intramolecular Hbond substituents is 2. The average Bonchev–Trinajstić information content (AvgIpc) is 2.22. The van der Waals surface area contributed by atoms with Crippen molar-refractivity contribution >= 4 is 12.2 Å². The Morgan fingerprint density at radius 1 is 1.56 bits per heavy atom. The predicted molar refractivity (Wildman–Crippen MR) is 56.6 cm³/mol. The van der Waals surface area contributed by atoms with E-state index in [-0.39, 0.29) is 17.2 Å². The van der Waals surface area contributed by atoms with E-state index in [9.17, 15) is 15.0 Å². The molecule has 1 rings (SSSR count). The van der Waals surface area contributed by atoms with Crippen LogP contribution in [0.4, 0.5) is 4.79 Å². The van der Waals surface area contributed by atoms with Gasteiger partial charge in [-0.05, 0) is 12.1 Å². The van der Waals surface area contributed by atoms with Gasteiger partial charge in [-0.2, -0.15) is 5.10 Å². The van der Waals surface area contributed by atoms with E-state index < -0.39 is 6.03 Å². The van der Waals surface area contributed by atoms with Crippen LogP contribution in [0.5, 0.6) is 17.2 Å². The van der Waals surface area contributed by atoms with Crippen LogP contribution in [-0.2, 0) is 0 Å². The number of hydrogen-bond acceptors (Lipinski definition) is 5. The van der Waals surface area contributed by atoms with Crippen molar-refractivity contribution in [2.45, 2.75) is 0 Å². The Hall–Kier alpha value is -2.44. The van der Waals surface area contributed by atoms with E-state index in [0.717, 1.165) is 0 Å². The lowest BCUT2D eigenvalue weighted by molar-refractivity contribution is 0.249. The molecule has 0 heterocycles. The van der Waals surface area contributed by atoms with E-state index in [1.807, 2.05) is 5.43 Å². The molecule has 0 unspecified atom stereocenters. The summed E-state index contributed by atoms with van der Waals surface area (Å²) in [6, 6.07) is 1.89. The first-order valence-corrected chi connectivity index (χ1v) is 4.23. The maximum absolute atomic E-state index is 10.3. The molecule has 0 aliphatic rings. The summed E-state index contributed by atoms with van der Waals surface area (Å²) in [6.07, 6.45) is 1.24. The number of hydrazone groups is 1. The molecule has 0 bridgehead atoms. The van der Waals surface area contributed by atoms with E-state index >= 15 is 0 Å². The van der Waals surface area contributed by atoms with Crippen LogP contribution in [0.3, 0.4) is 0 Å². The van der Waals surface area contributed by atoms with Gasteiger partial charge in [0.1, 0.15) is 0 Å². The molecule has 0 saturated carbocycles. The summed E-state index contributed by atoms with van der Waals surface area (Å²) >= 11 is 0. The third kappa shape index (κ3) is 2.77. The van der Waals surface area contributed by atoms with Crippen molar-refractivity contribution in [3.8, 4) is 17.2 Å². The Kier molecular flexibility index (Phi) is 3.54. The van der Waals surface area contributed by atoms with Gasteiger partial charge in [0, 0.05) is 5.56 Å². The number of ether oxygens (including phenoxy) is 1. The highest BCUT2D eigenvalue weighted by Gasteiger charge is 2.08. The number of urea groups is 1. The summed E-state index contributed by atoms with van der Waals surface area (Å²) < 4.78 is 4.81. The van der Waals surface area contributed by atoms with E-state index in [4.69, 9.17) is 10.5 Å². The van der Waals surface area contributed by atoms with Crippen LogP contribution in [0.25, 0.3) is 0 Å². The molecule has 86 valence electrons. The largest absolute Gasteiger partial charge is 0.504 e. The number of benzene rings is 1. The quantitative estimate of drug-likeness (QED) is 0.331. The number of amides is 2. The summed E-state index contributed by atoms with van der Waals surface area (Å²) in [4.78, 5) is 10.3. The predicted octanol–water partition coefficient (Wildman–Crippen LogP) is 0.109. The summed E-state index contributed by atoms with van der Waals surface area (Å²) in [6.45, 7) is 0. The third-order valence-electron chi connectivity index (χ3n) is 1.69. The van der Waals surface area contributed by atoms with Crippen molar-refractivity contribution in [2.75, 3.05) is 7.11 Å². The second-order valence-electron chi connectivity index (χ2n) is 2.83. The first kappa shape index (κ1) is 11.6. The van der Waals surface area contributed by atoms with Gasteiger partial charge in [-0.1, -0.05) is 0 Å². The molecule has 1 aromatic rings. The van der Waals surface area contributed by atoms with Gasteiger partial charge in [0.25, 0.3) is 0 Å². The molecular weight excluding hydrogens is 214 g/mol. The molecule has 0 spiro atoms. The fourth-order valence-corrected chi connectivity index (χ4v) is 1.01. The zero-order valence-corrected chi connectivity index (χ0v) is 8.47. The number of carbonyl (C=O) groups excluding carboxylic acids is 1. The zero-order chi connectivity index (χ0) is 12.1. The summed E-state index contributed by atoms with van der Waals surface area (Å²) in [5.41, 5.74) is 7.21. The molecule has 0 aliphatic carbocycles. The minimum absolute atomic E-state index is 0.0977. The van der Waals surface area contributed by atoms with Crippen LogP contribution in [-0.4, -0.2) is 29.6 Å². The van der Waals surface area contributed by atoms with Crippen LogP contribution >= 0.6 is 0 Å². The SMILES string of the molecule is COc1cc(/C=N/NC(N)=O)cc(O)c1O. The molecule has 7 heteroatoms. The molecule has 0 aliphatic heterocycles. The molecule has 0 radical (unpaired) electrons. The average molecular weight is 225 g/mol. The van der Waals surface area contributed by atoms with Gasteiger partial charge in [0.15, 0.2) is 11.5 Å². The number of nitrogens with zero attached hydrogens (tertiary/aromatic N) is 1. The number of hydrogen-bond donors (Lipinski definition) is 4. The van der Waals surface area contributed by atoms with E-state index in [1.165, 1.54) is 25.5 Å². The molecule has 16 heavy (non-hydrogen) atoms. The molecule has 0 atom stereocenters. The maximum Gasteiger partial charge on any atom is 0.332 e. The van der Waals surface area contributed by atoms with Gasteiger partial charge in [-0.3, -0.25) is 0 Å². The second-order valence-corrected chi connectivity index (χ2v) is 2.83. The van der Waals surface area contributed by atoms with Crippen LogP contribution < -0.4 is 15.9 Å². The number of carbonyl (C=O) groups is 1. The molecule has 2 amide bonds. The Morgan fingerprint density at radius 3 is 2.81 bits per heavy atom. The van der Waals surface area contributed by atoms with Crippen LogP contribution in [0, 0.1) is 0 Å². The molecule has 0 saturated heterocycles. The number of aromatic hydroxyl groups is 2. The Balaban J connectivity index is 2.93. The minimum Gasteiger partial charge on any atom is -0.504 e. The Labute approximate surface area is 91.1 Å². The molecule has 0 aromatic heterocycles. The lowest BCUT2D eigenvalue weighted by atomic mass is 10.2. The van der Waals surface area contributed by atoms with E-state index in [0.29, 0.717) is 5.56 Å². The van der Waals surface area contributed by atoms with Gasteiger partial charge in [-0.25, -0.2) is 10.2 Å². The van der Waals surface area contributed by atoms with Gasteiger partial charge < -0.3 is 20.7 Å². The van der Waals surface area contributed by atoms with Crippen molar-refractivity contribution in [3.63, 3.8) is 0 Å². The Morgan fingerprint density at radius 2 is 2.25 bits per heavy atom. The van der Waals surface area contributed by atoms with Gasteiger partial charge in [-0.15, -0.1) is 0 Å². The van der Waals surface area contributed by atoms with Crippen molar-refractivity contribution < 1.29 is 19.7 Å². The number of rotatable bonds is 3. The number of nitrogens with one attached hydrogen (secondary N) is 1. The van der Waals surface area contributed by atoms with Crippen LogP contribution in [0.2, 0.25) is 0 Å². The summed E-state index contributed by atoms with van der Waals surface area (Å²) in [5.74, 6) is -0.608. The minimum atomic E-state index is -0.800. The Bertz CT molecular complexity index is 431. The fraction of sp³-hybridized carbons (Fsp3) is 0.111. The van der Waals surface area contributed by atoms with Crippen molar-refractivity contribution in [1.29, 1.82) is 0 Å². The molecule has 7 nitrogen and oxygen atoms in total. The monoisotopic (exact) mass is 225 g/mol. The van der Waals surface area contributed by atoms with Crippen LogP contribution in [0.1, 0.15) is 5.56 Å². The number of primary amides is 1. The van der Waals surface area contributed by atoms with Crippen molar-refractivity contribution in [2.24, 2.45) is 10.8 Å². The smallest absolute Gasteiger partial charge is 0.332 e. The summed E-state index contributed by atoms with van der Waals surface area (Å²) in [7, 11) is 1.34. The molecular formula is C9H11N3O4. The standard InChI is InChI=1S/C9H11N3O4/c1-16-7-3-5(2-6(13)8(7)14)4-11-12-9(10)15/h2-4,13-14H,1H3,(H3,10,12,15)/b11-4+. The van der Waals surface area contributed by atoms with Crippen molar-refractivity contribution in [1.82, 2.24) is 5.43 Å². The zero-order valence-electron chi connectivity index (χ0n) is 8.47. The van der Waals surface area contributed by atoms with E-state index in [1.54, 1.807) is 0 Å². The molecule has 0 fully saturated rings. The van der Waals surface area contributed by atoms with Gasteiger partial charge >= 0.3 is 6.03 Å². The highest BCUT2D eigenvalue weighted by atomic mass is 16.5. The number of phenols is 2. The van der Waals surface area contributed by atoms with Gasteiger partial charge in [0.2, 0.25) is 5.75 Å². The summed E-state index contributed by atoms with van der Waals surface area (Å²) in [5, 5.41) is 22.1. The maximum atomic E-state index is 10.3. The first-order valence-electron chi connectivity index (χ1n) is 4.23. The molecule has 5 N–H and O–H groups in total. The van der Waals surface area contributed by atoms with Crippen LogP contribution in [0.15, 0.2) is 17.2 Å². The highest BCUT2D eigenvalue weighted by Crippen LogP contribution is 2.35. The van der Waals surface area contributed by atoms with Gasteiger partial charge in [0.05, 0.1) is 13.3 Å². The fourth-order valence-electron chi connectivity index (χ4n) is 1.01. The molecule has 1 aromatic carbocycles. The number of nitrogens with two attached hydrogens (primary N) is 1. The third-order valence-corrected chi connectivity index (χ3v) is 1.69. The topological polar surface area (TPSA) is 117 Å².